The second-order valence-corrected chi connectivity index (χ2v) is 11.3. The third kappa shape index (κ3) is 3.86. The Morgan fingerprint density at radius 3 is 2.55 bits per heavy atom. The van der Waals surface area contributed by atoms with Gasteiger partial charge in [-0.25, -0.2) is 0 Å². The van der Waals surface area contributed by atoms with Gasteiger partial charge in [0.05, 0.1) is 0 Å². The molecule has 0 aromatic heterocycles. The largest absolute Gasteiger partial charge is 0.342 e. The number of hydrogen-bond donors (Lipinski definition) is 1. The molecule has 2 fully saturated rings. The summed E-state index contributed by atoms with van der Waals surface area (Å²) in [5.74, 6) is -0.283. The number of carbonyl (C=O) groups is 3. The van der Waals surface area contributed by atoms with E-state index in [-0.39, 0.29) is 29.0 Å². The van der Waals surface area contributed by atoms with Crippen molar-refractivity contribution < 1.29 is 14.4 Å². The van der Waals surface area contributed by atoms with Crippen molar-refractivity contribution in [3.8, 4) is 0 Å². The van der Waals surface area contributed by atoms with Crippen molar-refractivity contribution in [2.45, 2.75) is 75.6 Å². The predicted octanol–water partition coefficient (Wildman–Crippen LogP) is 3.58. The van der Waals surface area contributed by atoms with E-state index in [1.165, 1.54) is 0 Å². The van der Waals surface area contributed by atoms with Gasteiger partial charge in [-0.1, -0.05) is 38.5 Å². The van der Waals surface area contributed by atoms with Crippen molar-refractivity contribution in [2.75, 3.05) is 13.1 Å². The number of amides is 3. The quantitative estimate of drug-likeness (QED) is 0.755. The maximum absolute atomic E-state index is 13.6. The van der Waals surface area contributed by atoms with Gasteiger partial charge in [-0.3, -0.25) is 14.4 Å². The van der Waals surface area contributed by atoms with Crippen LogP contribution >= 0.6 is 11.8 Å². The SMILES string of the molecule is CC[C@H](C)[C@@H](NC(=O)[C@@H]1N2C(=O)c3ccccc3C2SC1(C)C)C(=O)N1CCCCC1. The van der Waals surface area contributed by atoms with Crippen LogP contribution < -0.4 is 5.32 Å². The Balaban J connectivity index is 1.58. The van der Waals surface area contributed by atoms with Crippen molar-refractivity contribution in [1.82, 2.24) is 15.1 Å². The highest BCUT2D eigenvalue weighted by molar-refractivity contribution is 8.01. The molecule has 0 radical (unpaired) electrons. The number of rotatable bonds is 5. The van der Waals surface area contributed by atoms with E-state index in [0.29, 0.717) is 5.56 Å². The van der Waals surface area contributed by atoms with Crippen LogP contribution in [0.15, 0.2) is 24.3 Å². The summed E-state index contributed by atoms with van der Waals surface area (Å²) in [6, 6.07) is 6.43. The van der Waals surface area contributed by atoms with E-state index in [2.05, 4.69) is 5.32 Å². The van der Waals surface area contributed by atoms with Gasteiger partial charge < -0.3 is 15.1 Å². The molecular weight excluding hydrogens is 410 g/mol. The summed E-state index contributed by atoms with van der Waals surface area (Å²) in [4.78, 5) is 43.8. The third-order valence-corrected chi connectivity index (χ3v) is 8.52. The number of nitrogens with one attached hydrogen (secondary N) is 1. The zero-order valence-corrected chi connectivity index (χ0v) is 19.7. The Kier molecular flexibility index (Phi) is 6.08. The second kappa shape index (κ2) is 8.49. The first-order valence-corrected chi connectivity index (χ1v) is 12.3. The molecule has 3 heterocycles. The number of likely N-dealkylation sites (tertiary alicyclic amines) is 1. The first kappa shape index (κ1) is 22.2. The van der Waals surface area contributed by atoms with Crippen molar-refractivity contribution in [2.24, 2.45) is 5.92 Å². The van der Waals surface area contributed by atoms with E-state index in [9.17, 15) is 14.4 Å². The molecule has 0 spiro atoms. The van der Waals surface area contributed by atoms with Crippen LogP contribution in [0.1, 0.15) is 74.7 Å². The van der Waals surface area contributed by atoms with Crippen molar-refractivity contribution >= 4 is 29.5 Å². The van der Waals surface area contributed by atoms with Crippen LogP contribution in [0, 0.1) is 5.92 Å². The van der Waals surface area contributed by atoms with Crippen molar-refractivity contribution in [3.05, 3.63) is 35.4 Å². The number of nitrogens with zero attached hydrogens (tertiary/aromatic N) is 2. The fraction of sp³-hybridized carbons (Fsp3) is 0.625. The molecule has 2 saturated heterocycles. The topological polar surface area (TPSA) is 69.7 Å². The number of piperidine rings is 1. The van der Waals surface area contributed by atoms with Gasteiger partial charge in [0.1, 0.15) is 17.5 Å². The van der Waals surface area contributed by atoms with E-state index < -0.39 is 16.8 Å². The van der Waals surface area contributed by atoms with Gasteiger partial charge >= 0.3 is 0 Å². The molecule has 1 unspecified atom stereocenters. The lowest BCUT2D eigenvalue weighted by atomic mass is 9.94. The van der Waals surface area contributed by atoms with Crippen LogP contribution in [0.5, 0.6) is 0 Å². The van der Waals surface area contributed by atoms with Gasteiger partial charge in [-0.05, 0) is 50.7 Å². The lowest BCUT2D eigenvalue weighted by molar-refractivity contribution is -0.139. The minimum absolute atomic E-state index is 0.0124. The number of hydrogen-bond acceptors (Lipinski definition) is 4. The van der Waals surface area contributed by atoms with E-state index in [0.717, 1.165) is 44.3 Å². The summed E-state index contributed by atoms with van der Waals surface area (Å²) in [5.41, 5.74) is 1.65. The summed E-state index contributed by atoms with van der Waals surface area (Å²) >= 11 is 1.65. The lowest BCUT2D eigenvalue weighted by Crippen LogP contribution is -2.59. The summed E-state index contributed by atoms with van der Waals surface area (Å²) in [7, 11) is 0. The molecule has 0 bridgehead atoms. The number of fused-ring (bicyclic) bond motifs is 3. The highest BCUT2D eigenvalue weighted by Gasteiger charge is 2.57. The Morgan fingerprint density at radius 1 is 1.19 bits per heavy atom. The molecule has 0 saturated carbocycles. The number of thioether (sulfide) groups is 1. The maximum Gasteiger partial charge on any atom is 0.256 e. The van der Waals surface area contributed by atoms with Crippen LogP contribution in [0.25, 0.3) is 0 Å². The third-order valence-electron chi connectivity index (χ3n) is 6.99. The molecule has 4 rings (SSSR count). The molecule has 1 aromatic carbocycles. The van der Waals surface area contributed by atoms with E-state index in [1.807, 2.05) is 56.9 Å². The van der Waals surface area contributed by atoms with Gasteiger partial charge in [0.25, 0.3) is 5.91 Å². The highest BCUT2D eigenvalue weighted by Crippen LogP contribution is 2.56. The number of carbonyl (C=O) groups excluding carboxylic acids is 3. The Hall–Kier alpha value is -2.02. The minimum Gasteiger partial charge on any atom is -0.342 e. The fourth-order valence-corrected chi connectivity index (χ4v) is 6.62. The standard InChI is InChI=1S/C24H33N3O3S/c1-5-15(2)18(22(30)26-13-9-6-10-14-26)25-20(28)19-24(3,4)31-23-17-12-8-7-11-16(17)21(29)27(19)23/h7-8,11-12,15,18-19,23H,5-6,9-10,13-14H2,1-4H3,(H,25,28)/t15-,18+,19-,23?/m0/s1. The normalized spacial score (nSPS) is 26.3. The number of benzene rings is 1. The first-order chi connectivity index (χ1) is 14.8. The average molecular weight is 444 g/mol. The van der Waals surface area contributed by atoms with E-state index in [1.54, 1.807) is 16.7 Å². The fourth-order valence-electron chi connectivity index (χ4n) is 5.03. The zero-order chi connectivity index (χ0) is 22.3. The van der Waals surface area contributed by atoms with Gasteiger partial charge in [0, 0.05) is 23.4 Å². The highest BCUT2D eigenvalue weighted by atomic mass is 32.2. The van der Waals surface area contributed by atoms with Crippen LogP contribution in [-0.2, 0) is 9.59 Å². The summed E-state index contributed by atoms with van der Waals surface area (Å²) in [6.45, 7) is 9.60. The molecule has 7 heteroatoms. The van der Waals surface area contributed by atoms with Crippen molar-refractivity contribution in [3.63, 3.8) is 0 Å². The molecule has 168 valence electrons. The minimum atomic E-state index is -0.622. The average Bonchev–Trinajstić information content (AvgIpc) is 3.20. The van der Waals surface area contributed by atoms with Crippen LogP contribution in [0.3, 0.4) is 0 Å². The predicted molar refractivity (Wildman–Crippen MR) is 123 cm³/mol. The van der Waals surface area contributed by atoms with Crippen LogP contribution in [-0.4, -0.2) is 57.4 Å². The van der Waals surface area contributed by atoms with Gasteiger partial charge in [0.2, 0.25) is 11.8 Å². The molecule has 31 heavy (non-hydrogen) atoms. The van der Waals surface area contributed by atoms with Gasteiger partial charge in [-0.15, -0.1) is 11.8 Å². The second-order valence-electron chi connectivity index (χ2n) is 9.53. The molecule has 3 amide bonds. The molecule has 6 nitrogen and oxygen atoms in total. The maximum atomic E-state index is 13.6. The van der Waals surface area contributed by atoms with Crippen LogP contribution in [0.4, 0.5) is 0 Å². The molecule has 4 atom stereocenters. The zero-order valence-electron chi connectivity index (χ0n) is 18.9. The molecule has 1 N–H and O–H groups in total. The molecular formula is C24H33N3O3S. The summed E-state index contributed by atoms with van der Waals surface area (Å²) in [6.07, 6.45) is 3.98. The van der Waals surface area contributed by atoms with E-state index in [4.69, 9.17) is 0 Å². The first-order valence-electron chi connectivity index (χ1n) is 11.4. The lowest BCUT2D eigenvalue weighted by Gasteiger charge is -2.35. The summed E-state index contributed by atoms with van der Waals surface area (Å²) in [5, 5.41) is 2.93. The smallest absolute Gasteiger partial charge is 0.256 e. The molecule has 0 aliphatic carbocycles. The summed E-state index contributed by atoms with van der Waals surface area (Å²) < 4.78 is -0.452. The van der Waals surface area contributed by atoms with Crippen LogP contribution in [0.2, 0.25) is 0 Å². The van der Waals surface area contributed by atoms with E-state index >= 15 is 0 Å². The molecule has 3 aliphatic heterocycles. The van der Waals surface area contributed by atoms with Gasteiger partial charge in [-0.2, -0.15) is 0 Å². The molecule has 3 aliphatic rings. The Bertz CT molecular complexity index is 881. The monoisotopic (exact) mass is 443 g/mol. The Morgan fingerprint density at radius 2 is 1.87 bits per heavy atom. The Labute approximate surface area is 189 Å². The van der Waals surface area contributed by atoms with Crippen molar-refractivity contribution in [1.29, 1.82) is 0 Å². The van der Waals surface area contributed by atoms with Gasteiger partial charge in [0.15, 0.2) is 0 Å². The molecule has 1 aromatic rings.